The molecule has 47 heavy (non-hydrogen) atoms. The van der Waals surface area contributed by atoms with E-state index < -0.39 is 0 Å². The van der Waals surface area contributed by atoms with Crippen molar-refractivity contribution < 1.29 is 14.3 Å². The van der Waals surface area contributed by atoms with Gasteiger partial charge in [-0.2, -0.15) is 5.11 Å². The van der Waals surface area contributed by atoms with E-state index in [1.54, 1.807) is 12.1 Å². The molecule has 7 aromatic rings. The zero-order valence-corrected chi connectivity index (χ0v) is 25.7. The molecule has 8 heteroatoms. The number of amides is 1. The van der Waals surface area contributed by atoms with Gasteiger partial charge in [0.1, 0.15) is 17.0 Å². The molecule has 0 unspecified atom stereocenters. The molecule has 6 aromatic carbocycles. The van der Waals surface area contributed by atoms with Gasteiger partial charge in [-0.25, -0.2) is 0 Å². The van der Waals surface area contributed by atoms with Gasteiger partial charge in [-0.1, -0.05) is 66.7 Å². The number of anilines is 6. The van der Waals surface area contributed by atoms with Crippen LogP contribution in [0.2, 0.25) is 0 Å². The van der Waals surface area contributed by atoms with Crippen LogP contribution >= 0.6 is 0 Å². The van der Waals surface area contributed by atoms with E-state index in [0.717, 1.165) is 55.7 Å². The largest absolute Gasteiger partial charge is 0.506 e. The summed E-state index contributed by atoms with van der Waals surface area (Å²) >= 11 is 0. The minimum atomic E-state index is -0.324. The molecule has 0 radical (unpaired) electrons. The minimum absolute atomic E-state index is 0.0668. The molecule has 0 bridgehead atoms. The van der Waals surface area contributed by atoms with E-state index in [1.807, 2.05) is 117 Å². The summed E-state index contributed by atoms with van der Waals surface area (Å²) in [5, 5.41) is 29.2. The second-order valence-electron chi connectivity index (χ2n) is 11.6. The highest BCUT2D eigenvalue weighted by Crippen LogP contribution is 2.51. The van der Waals surface area contributed by atoms with Gasteiger partial charge in [0.2, 0.25) is 0 Å². The Morgan fingerprint density at radius 2 is 1.45 bits per heavy atom. The number of nitrogens with zero attached hydrogens (tertiary/aromatic N) is 3. The Morgan fingerprint density at radius 1 is 0.745 bits per heavy atom. The average Bonchev–Trinajstić information content (AvgIpc) is 3.53. The van der Waals surface area contributed by atoms with Gasteiger partial charge in [-0.15, -0.1) is 5.11 Å². The first-order valence-corrected chi connectivity index (χ1v) is 15.3. The monoisotopic (exact) mass is 615 g/mol. The Labute approximate surface area is 270 Å². The topological polar surface area (TPSA) is 102 Å². The number of rotatable bonds is 5. The number of carbonyl (C=O) groups is 1. The van der Waals surface area contributed by atoms with Crippen molar-refractivity contribution in [1.29, 1.82) is 0 Å². The maximum atomic E-state index is 13.4. The van der Waals surface area contributed by atoms with Gasteiger partial charge < -0.3 is 25.1 Å². The molecule has 0 fully saturated rings. The molecule has 3 N–H and O–H groups in total. The molecule has 0 atom stereocenters. The van der Waals surface area contributed by atoms with Crippen LogP contribution in [-0.4, -0.2) is 11.0 Å². The van der Waals surface area contributed by atoms with Crippen LogP contribution in [0.1, 0.15) is 21.7 Å². The molecule has 1 amide bonds. The Bertz CT molecular complexity index is 2350. The number of nitrogens with one attached hydrogen (secondary N) is 2. The summed E-state index contributed by atoms with van der Waals surface area (Å²) in [6.45, 7) is 3.96. The van der Waals surface area contributed by atoms with E-state index in [4.69, 9.17) is 4.42 Å². The van der Waals surface area contributed by atoms with Crippen molar-refractivity contribution in [2.24, 2.45) is 10.2 Å². The Morgan fingerprint density at radius 3 is 2.26 bits per heavy atom. The summed E-state index contributed by atoms with van der Waals surface area (Å²) in [6.07, 6.45) is 0. The van der Waals surface area contributed by atoms with Crippen LogP contribution in [0.3, 0.4) is 0 Å². The molecule has 0 saturated heterocycles. The van der Waals surface area contributed by atoms with Crippen LogP contribution in [0.15, 0.2) is 136 Å². The molecular formula is C39H29N5O3. The molecule has 0 spiro atoms. The van der Waals surface area contributed by atoms with Gasteiger partial charge in [-0.05, 0) is 85.0 Å². The Kier molecular flexibility index (Phi) is 6.69. The van der Waals surface area contributed by atoms with Crippen LogP contribution in [-0.2, 0) is 0 Å². The van der Waals surface area contributed by atoms with Gasteiger partial charge in [-0.3, -0.25) is 4.79 Å². The zero-order chi connectivity index (χ0) is 32.1. The molecule has 1 aliphatic heterocycles. The van der Waals surface area contributed by atoms with Gasteiger partial charge in [0.05, 0.1) is 28.4 Å². The van der Waals surface area contributed by atoms with Crippen LogP contribution in [0.4, 0.5) is 45.5 Å². The SMILES string of the molecule is Cc1cc2c(cc1N=Nc1c(O)ccc3ccccc13)N(c1ccccc1)c1cc(NC(=O)c3cc4ccccc4o3)c(C)cc1N2. The third-order valence-corrected chi connectivity index (χ3v) is 8.46. The normalized spacial score (nSPS) is 12.3. The number of aryl methyl sites for hydroxylation is 2. The molecule has 228 valence electrons. The number of azo groups is 1. The third-order valence-electron chi connectivity index (χ3n) is 8.46. The van der Waals surface area contributed by atoms with Crippen molar-refractivity contribution in [2.45, 2.75) is 13.8 Å². The molecule has 0 aliphatic carbocycles. The van der Waals surface area contributed by atoms with E-state index >= 15 is 0 Å². The number of hydrogen-bond donors (Lipinski definition) is 3. The number of benzene rings is 6. The number of carbonyl (C=O) groups excluding carboxylic acids is 1. The van der Waals surface area contributed by atoms with Crippen LogP contribution < -0.4 is 15.5 Å². The van der Waals surface area contributed by atoms with Crippen LogP contribution in [0, 0.1) is 13.8 Å². The maximum absolute atomic E-state index is 13.4. The lowest BCUT2D eigenvalue weighted by molar-refractivity contribution is 0.0998. The number of furan rings is 1. The summed E-state index contributed by atoms with van der Waals surface area (Å²) in [5.74, 6) is -0.0127. The smallest absolute Gasteiger partial charge is 0.291 e. The lowest BCUT2D eigenvalue weighted by Crippen LogP contribution is -2.19. The standard InChI is InChI=1S/C39H29N5O3/c1-23-18-31-33(21-29(23)41-39(46)37-20-26-11-7-9-15-36(26)47-37)44(27-12-4-3-5-13-27)34-22-30(24(2)19-32(34)40-31)42-43-38-28-14-8-6-10-25(28)16-17-35(38)45/h3-22,40,45H,1-2H3,(H,41,46). The number of hydrogen-bond acceptors (Lipinski definition) is 7. The molecular weight excluding hydrogens is 586 g/mol. The fourth-order valence-corrected chi connectivity index (χ4v) is 6.05. The molecule has 8 nitrogen and oxygen atoms in total. The lowest BCUT2D eigenvalue weighted by atomic mass is 10.0. The van der Waals surface area contributed by atoms with Crippen molar-refractivity contribution in [3.8, 4) is 5.75 Å². The maximum Gasteiger partial charge on any atom is 0.291 e. The predicted molar refractivity (Wildman–Crippen MR) is 188 cm³/mol. The van der Waals surface area contributed by atoms with E-state index in [0.29, 0.717) is 22.6 Å². The van der Waals surface area contributed by atoms with Crippen molar-refractivity contribution in [1.82, 2.24) is 0 Å². The van der Waals surface area contributed by atoms with Crippen molar-refractivity contribution in [3.63, 3.8) is 0 Å². The van der Waals surface area contributed by atoms with Crippen molar-refractivity contribution in [2.75, 3.05) is 15.5 Å². The predicted octanol–water partition coefficient (Wildman–Crippen LogP) is 11.1. The second kappa shape index (κ2) is 11.2. The third kappa shape index (κ3) is 5.02. The minimum Gasteiger partial charge on any atom is -0.506 e. The summed E-state index contributed by atoms with van der Waals surface area (Å²) in [4.78, 5) is 15.5. The fourth-order valence-electron chi connectivity index (χ4n) is 6.05. The average molecular weight is 616 g/mol. The van der Waals surface area contributed by atoms with Crippen LogP contribution in [0.25, 0.3) is 21.7 Å². The molecule has 8 rings (SSSR count). The van der Waals surface area contributed by atoms with Gasteiger partial charge in [0.15, 0.2) is 5.76 Å². The summed E-state index contributed by atoms with van der Waals surface area (Å²) < 4.78 is 5.83. The molecule has 1 aromatic heterocycles. The number of phenolic OH excluding ortho intramolecular Hbond substituents is 1. The second-order valence-corrected chi connectivity index (χ2v) is 11.6. The number of phenols is 1. The first-order valence-electron chi connectivity index (χ1n) is 15.3. The van der Waals surface area contributed by atoms with E-state index in [9.17, 15) is 9.90 Å². The first kappa shape index (κ1) is 28.1. The zero-order valence-electron chi connectivity index (χ0n) is 25.7. The Hall–Kier alpha value is -6.41. The molecule has 1 aliphatic rings. The van der Waals surface area contributed by atoms with Crippen molar-refractivity contribution >= 4 is 73.1 Å². The highest BCUT2D eigenvalue weighted by atomic mass is 16.3. The van der Waals surface area contributed by atoms with E-state index in [2.05, 4.69) is 31.8 Å². The van der Waals surface area contributed by atoms with E-state index in [-0.39, 0.29) is 17.4 Å². The number of fused-ring (bicyclic) bond motifs is 4. The molecule has 0 saturated carbocycles. The van der Waals surface area contributed by atoms with Gasteiger partial charge >= 0.3 is 0 Å². The van der Waals surface area contributed by atoms with Gasteiger partial charge in [0, 0.05) is 22.1 Å². The highest BCUT2D eigenvalue weighted by Gasteiger charge is 2.27. The fraction of sp³-hybridized carbons (Fsp3) is 0.0513. The highest BCUT2D eigenvalue weighted by molar-refractivity contribution is 6.07. The molecule has 2 heterocycles. The van der Waals surface area contributed by atoms with Crippen LogP contribution in [0.5, 0.6) is 5.75 Å². The number of aromatic hydroxyl groups is 1. The first-order chi connectivity index (χ1) is 22.9. The lowest BCUT2D eigenvalue weighted by Gasteiger charge is -2.35. The quantitative estimate of drug-likeness (QED) is 0.167. The summed E-state index contributed by atoms with van der Waals surface area (Å²) in [6, 6.07) is 38.7. The van der Waals surface area contributed by atoms with Gasteiger partial charge in [0.25, 0.3) is 5.91 Å². The summed E-state index contributed by atoms with van der Waals surface area (Å²) in [5.41, 5.74) is 8.69. The van der Waals surface area contributed by atoms with E-state index in [1.165, 1.54) is 0 Å². The Balaban J connectivity index is 1.20. The summed E-state index contributed by atoms with van der Waals surface area (Å²) in [7, 11) is 0. The number of para-hydroxylation sites is 2. The van der Waals surface area contributed by atoms with Crippen molar-refractivity contribution in [3.05, 3.63) is 138 Å².